The second-order valence-corrected chi connectivity index (χ2v) is 7.94. The van der Waals surface area contributed by atoms with Gasteiger partial charge < -0.3 is 5.11 Å². The number of sulfonamides is 1. The Morgan fingerprint density at radius 2 is 1.84 bits per heavy atom. The van der Waals surface area contributed by atoms with E-state index in [1.807, 2.05) is 30.3 Å². The maximum absolute atomic E-state index is 12.9. The van der Waals surface area contributed by atoms with Gasteiger partial charge in [0.25, 0.3) is 0 Å². The number of rotatable bonds is 4. The van der Waals surface area contributed by atoms with Crippen LogP contribution in [0.25, 0.3) is 11.4 Å². The largest absolute Gasteiger partial charge is 0.481 e. The van der Waals surface area contributed by atoms with E-state index in [9.17, 15) is 18.3 Å². The molecule has 1 aromatic carbocycles. The molecule has 0 saturated carbocycles. The zero-order valence-corrected chi connectivity index (χ0v) is 14.6. The van der Waals surface area contributed by atoms with Gasteiger partial charge in [0.15, 0.2) is 5.82 Å². The van der Waals surface area contributed by atoms with E-state index in [4.69, 9.17) is 0 Å². The first-order valence-electron chi connectivity index (χ1n) is 8.03. The number of hydrogen-bond acceptors (Lipinski definition) is 5. The van der Waals surface area contributed by atoms with Crippen LogP contribution in [0, 0.1) is 5.92 Å². The van der Waals surface area contributed by atoms with E-state index in [1.54, 1.807) is 6.92 Å². The van der Waals surface area contributed by atoms with Crippen molar-refractivity contribution in [3.05, 3.63) is 42.7 Å². The van der Waals surface area contributed by atoms with Gasteiger partial charge in [-0.25, -0.2) is 18.4 Å². The second kappa shape index (κ2) is 6.89. The molecule has 8 heteroatoms. The Bertz CT molecular complexity index is 853. The summed E-state index contributed by atoms with van der Waals surface area (Å²) in [5, 5.41) is 9.28. The molecular formula is C17H19N3O4S. The fraction of sp³-hybridized carbons (Fsp3) is 0.353. The van der Waals surface area contributed by atoms with Crippen molar-refractivity contribution in [1.29, 1.82) is 0 Å². The highest BCUT2D eigenvalue weighted by Crippen LogP contribution is 2.29. The average molecular weight is 361 g/mol. The molecule has 0 unspecified atom stereocenters. The van der Waals surface area contributed by atoms with Crippen LogP contribution in [0.2, 0.25) is 0 Å². The number of carboxylic acids is 1. The summed E-state index contributed by atoms with van der Waals surface area (Å²) < 4.78 is 27.0. The summed E-state index contributed by atoms with van der Waals surface area (Å²) in [6.07, 6.45) is 3.55. The van der Waals surface area contributed by atoms with Gasteiger partial charge in [0.05, 0.1) is 18.3 Å². The lowest BCUT2D eigenvalue weighted by Gasteiger charge is -2.36. The van der Waals surface area contributed by atoms with Crippen LogP contribution in [-0.2, 0) is 14.8 Å². The Labute approximate surface area is 146 Å². The van der Waals surface area contributed by atoms with Crippen molar-refractivity contribution < 1.29 is 18.3 Å². The topological polar surface area (TPSA) is 100 Å². The summed E-state index contributed by atoms with van der Waals surface area (Å²) >= 11 is 0. The minimum Gasteiger partial charge on any atom is -0.481 e. The Kier molecular flexibility index (Phi) is 4.82. The minimum atomic E-state index is -3.83. The van der Waals surface area contributed by atoms with Crippen LogP contribution in [0.5, 0.6) is 0 Å². The van der Waals surface area contributed by atoms with Crippen LogP contribution in [0.4, 0.5) is 0 Å². The molecule has 1 fully saturated rings. The van der Waals surface area contributed by atoms with Gasteiger partial charge in [-0.15, -0.1) is 0 Å². The third-order valence-electron chi connectivity index (χ3n) is 4.51. The lowest BCUT2D eigenvalue weighted by molar-refractivity contribution is -0.144. The normalized spacial score (nSPS) is 21.8. The molecule has 0 amide bonds. The van der Waals surface area contributed by atoms with Crippen LogP contribution in [-0.4, -0.2) is 46.4 Å². The van der Waals surface area contributed by atoms with E-state index in [1.165, 1.54) is 16.7 Å². The molecule has 3 rings (SSSR count). The molecule has 0 aliphatic carbocycles. The van der Waals surface area contributed by atoms with Crippen molar-refractivity contribution in [3.8, 4) is 11.4 Å². The fourth-order valence-corrected chi connectivity index (χ4v) is 4.70. The second-order valence-electron chi connectivity index (χ2n) is 6.05. The highest BCUT2D eigenvalue weighted by atomic mass is 32.2. The van der Waals surface area contributed by atoms with Crippen molar-refractivity contribution in [2.45, 2.75) is 30.7 Å². The van der Waals surface area contributed by atoms with Gasteiger partial charge in [-0.3, -0.25) is 4.79 Å². The third-order valence-corrected chi connectivity index (χ3v) is 6.45. The minimum absolute atomic E-state index is 0.0231. The zero-order valence-electron chi connectivity index (χ0n) is 13.7. The van der Waals surface area contributed by atoms with Crippen molar-refractivity contribution in [2.24, 2.45) is 5.92 Å². The monoisotopic (exact) mass is 361 g/mol. The van der Waals surface area contributed by atoms with Crippen molar-refractivity contribution in [2.75, 3.05) is 6.54 Å². The Hall–Kier alpha value is -2.32. The van der Waals surface area contributed by atoms with E-state index in [0.29, 0.717) is 25.2 Å². The first kappa shape index (κ1) is 17.5. The van der Waals surface area contributed by atoms with Crippen molar-refractivity contribution >= 4 is 16.0 Å². The number of benzene rings is 1. The van der Waals surface area contributed by atoms with Gasteiger partial charge in [-0.1, -0.05) is 30.3 Å². The standard InChI is InChI=1S/C17H19N3O4S/c1-12-15(17(21)22)8-5-9-20(12)25(23,24)14-10-18-16(19-11-14)13-6-3-2-4-7-13/h2-4,6-7,10-12,15H,5,8-9H2,1H3,(H,21,22)/t12-,15-/m1/s1. The molecule has 1 aliphatic rings. The maximum Gasteiger partial charge on any atom is 0.308 e. The predicted octanol–water partition coefficient (Wildman–Crippen LogP) is 2.02. The summed E-state index contributed by atoms with van der Waals surface area (Å²) in [5.74, 6) is -1.23. The van der Waals surface area contributed by atoms with Crippen LogP contribution in [0.15, 0.2) is 47.6 Å². The molecule has 2 aromatic rings. The number of carboxylic acid groups (broad SMARTS) is 1. The molecule has 1 aliphatic heterocycles. The van der Waals surface area contributed by atoms with E-state index >= 15 is 0 Å². The quantitative estimate of drug-likeness (QED) is 0.894. The van der Waals surface area contributed by atoms with Gasteiger partial charge in [0.1, 0.15) is 4.90 Å². The average Bonchev–Trinajstić information content (AvgIpc) is 2.62. The van der Waals surface area contributed by atoms with Gasteiger partial charge in [0.2, 0.25) is 10.0 Å². The summed E-state index contributed by atoms with van der Waals surface area (Å²) in [6.45, 7) is 1.93. The van der Waals surface area contributed by atoms with E-state index in [0.717, 1.165) is 5.56 Å². The summed E-state index contributed by atoms with van der Waals surface area (Å²) in [5.41, 5.74) is 0.795. The molecule has 2 heterocycles. The van der Waals surface area contributed by atoms with Gasteiger partial charge in [-0.05, 0) is 19.8 Å². The molecular weight excluding hydrogens is 342 g/mol. The highest BCUT2D eigenvalue weighted by Gasteiger charge is 2.39. The molecule has 25 heavy (non-hydrogen) atoms. The van der Waals surface area contributed by atoms with Crippen molar-refractivity contribution in [1.82, 2.24) is 14.3 Å². The Morgan fingerprint density at radius 3 is 2.44 bits per heavy atom. The van der Waals surface area contributed by atoms with Crippen LogP contribution < -0.4 is 0 Å². The smallest absolute Gasteiger partial charge is 0.308 e. The number of carbonyl (C=O) groups is 1. The summed E-state index contributed by atoms with van der Waals surface area (Å²) in [7, 11) is -3.83. The highest BCUT2D eigenvalue weighted by molar-refractivity contribution is 7.89. The Balaban J connectivity index is 1.88. The number of hydrogen-bond donors (Lipinski definition) is 1. The van der Waals surface area contributed by atoms with Crippen LogP contribution in [0.1, 0.15) is 19.8 Å². The molecule has 1 saturated heterocycles. The molecule has 7 nitrogen and oxygen atoms in total. The maximum atomic E-state index is 12.9. The number of aromatic nitrogens is 2. The molecule has 2 atom stereocenters. The SMILES string of the molecule is C[C@@H]1[C@H](C(=O)O)CCCN1S(=O)(=O)c1cnc(-c2ccccc2)nc1. The summed E-state index contributed by atoms with van der Waals surface area (Å²) in [4.78, 5) is 19.6. The van der Waals surface area contributed by atoms with E-state index in [-0.39, 0.29) is 4.90 Å². The van der Waals surface area contributed by atoms with Gasteiger partial charge >= 0.3 is 5.97 Å². The number of piperidine rings is 1. The molecule has 132 valence electrons. The van der Waals surface area contributed by atoms with E-state index in [2.05, 4.69) is 9.97 Å². The van der Waals surface area contributed by atoms with Crippen LogP contribution >= 0.6 is 0 Å². The molecule has 1 aromatic heterocycles. The molecule has 0 spiro atoms. The molecule has 1 N–H and O–H groups in total. The molecule has 0 bridgehead atoms. The Morgan fingerprint density at radius 1 is 1.20 bits per heavy atom. The third kappa shape index (κ3) is 3.40. The first-order chi connectivity index (χ1) is 11.9. The zero-order chi connectivity index (χ0) is 18.0. The van der Waals surface area contributed by atoms with Crippen LogP contribution in [0.3, 0.4) is 0 Å². The van der Waals surface area contributed by atoms with Crippen molar-refractivity contribution in [3.63, 3.8) is 0 Å². The summed E-state index contributed by atoms with van der Waals surface area (Å²) in [6, 6.07) is 8.65. The lowest BCUT2D eigenvalue weighted by Crippen LogP contribution is -2.49. The van der Waals surface area contributed by atoms with E-state index < -0.39 is 28.0 Å². The number of aliphatic carboxylic acids is 1. The first-order valence-corrected chi connectivity index (χ1v) is 9.47. The molecule has 0 radical (unpaired) electrons. The predicted molar refractivity (Wildman–Crippen MR) is 91.2 cm³/mol. The lowest BCUT2D eigenvalue weighted by atomic mass is 9.92. The fourth-order valence-electron chi connectivity index (χ4n) is 3.10. The number of nitrogens with zero attached hydrogens (tertiary/aromatic N) is 3. The van der Waals surface area contributed by atoms with Gasteiger partial charge in [0, 0.05) is 18.2 Å². The van der Waals surface area contributed by atoms with Gasteiger partial charge in [-0.2, -0.15) is 4.31 Å².